The maximum Gasteiger partial charge on any atom is 0.472 e. The Morgan fingerprint density at radius 3 is 2.63 bits per heavy atom. The molecule has 0 radical (unpaired) electrons. The van der Waals surface area contributed by atoms with Gasteiger partial charge < -0.3 is 9.30 Å². The van der Waals surface area contributed by atoms with Crippen LogP contribution in [0.2, 0.25) is 5.15 Å². The number of imidazole rings is 1. The molecule has 0 unspecified atom stereocenters. The summed E-state index contributed by atoms with van der Waals surface area (Å²) in [5, 5.41) is 0.206. The molecule has 0 aromatic carbocycles. The van der Waals surface area contributed by atoms with Gasteiger partial charge in [-0.3, -0.25) is 14.0 Å². The van der Waals surface area contributed by atoms with E-state index in [-0.39, 0.29) is 27.5 Å². The molecule has 0 saturated heterocycles. The van der Waals surface area contributed by atoms with Crippen molar-refractivity contribution in [2.45, 2.75) is 24.9 Å². The second kappa shape index (κ2) is 8.38. The number of pyridine rings is 2. The van der Waals surface area contributed by atoms with Crippen LogP contribution in [-0.4, -0.2) is 36.0 Å². The topological polar surface area (TPSA) is 94.6 Å². The molecule has 4 aromatic heterocycles. The Morgan fingerprint density at radius 1 is 1.17 bits per heavy atom. The Morgan fingerprint density at radius 2 is 1.94 bits per heavy atom. The number of fused-ring (bicyclic) bond motifs is 1. The molecule has 0 aliphatic heterocycles. The number of alkyl halides is 3. The number of nitrogens with zero attached hydrogens (tertiary/aromatic N) is 6. The van der Waals surface area contributed by atoms with Crippen LogP contribution >= 0.6 is 11.6 Å². The molecule has 1 saturated carbocycles. The number of aryl methyl sites for hydroxylation is 1. The van der Waals surface area contributed by atoms with E-state index in [9.17, 15) is 22.8 Å². The summed E-state index contributed by atoms with van der Waals surface area (Å²) in [6.07, 6.45) is 3.37. The number of hydrogen-bond donors (Lipinski definition) is 0. The molecule has 5 rings (SSSR count). The summed E-state index contributed by atoms with van der Waals surface area (Å²) < 4.78 is 48.9. The molecule has 1 fully saturated rings. The van der Waals surface area contributed by atoms with Crippen molar-refractivity contribution in [2.24, 2.45) is 7.05 Å². The van der Waals surface area contributed by atoms with Crippen LogP contribution in [0.4, 0.5) is 24.7 Å². The number of anilines is 2. The van der Waals surface area contributed by atoms with Crippen LogP contribution in [0.15, 0.2) is 54.0 Å². The van der Waals surface area contributed by atoms with Gasteiger partial charge in [0.1, 0.15) is 16.6 Å². The Kier molecular flexibility index (Phi) is 5.47. The highest BCUT2D eigenvalue weighted by molar-refractivity contribution is 6.29. The van der Waals surface area contributed by atoms with Crippen LogP contribution in [0.25, 0.3) is 5.78 Å². The lowest BCUT2D eigenvalue weighted by molar-refractivity contribution is -0.169. The Balaban J connectivity index is 1.59. The Bertz CT molecular complexity index is 1510. The minimum absolute atomic E-state index is 0.00439. The molecule has 0 N–H and O–H groups in total. The van der Waals surface area contributed by atoms with Crippen molar-refractivity contribution in [1.82, 2.24) is 23.9 Å². The van der Waals surface area contributed by atoms with Crippen molar-refractivity contribution in [3.63, 3.8) is 0 Å². The summed E-state index contributed by atoms with van der Waals surface area (Å²) in [6.45, 7) is 0. The monoisotopic (exact) mass is 504 g/mol. The second-order valence-corrected chi connectivity index (χ2v) is 8.39. The van der Waals surface area contributed by atoms with E-state index in [2.05, 4.69) is 15.0 Å². The number of amides is 1. The van der Waals surface area contributed by atoms with Crippen molar-refractivity contribution >= 4 is 34.8 Å². The number of ether oxygens (including phenoxy) is 1. The summed E-state index contributed by atoms with van der Waals surface area (Å²) in [5.74, 6) is -1.93. The lowest BCUT2D eigenvalue weighted by atomic mass is 10.1. The van der Waals surface area contributed by atoms with Gasteiger partial charge >= 0.3 is 12.1 Å². The molecule has 9 nitrogen and oxygen atoms in total. The van der Waals surface area contributed by atoms with Gasteiger partial charge in [-0.15, -0.1) is 0 Å². The van der Waals surface area contributed by atoms with Gasteiger partial charge in [0.2, 0.25) is 5.78 Å². The fourth-order valence-electron chi connectivity index (χ4n) is 3.58. The number of carbonyl (C=O) groups excluding carboxylic acids is 1. The van der Waals surface area contributed by atoms with Crippen molar-refractivity contribution in [1.29, 1.82) is 0 Å². The number of carbonyl (C=O) groups is 1. The molecule has 0 spiro atoms. The SMILES string of the molecule is Cn1cc(C2CC2)cc(N(C(=O)C(F)(F)F)c2cn3cc(Oc4ccnc(Cl)c4)cnc3n2)c1=O. The van der Waals surface area contributed by atoms with Crippen LogP contribution in [0.3, 0.4) is 0 Å². The van der Waals surface area contributed by atoms with E-state index in [0.29, 0.717) is 11.3 Å². The average Bonchev–Trinajstić information content (AvgIpc) is 3.56. The first-order valence-electron chi connectivity index (χ1n) is 10.4. The summed E-state index contributed by atoms with van der Waals surface area (Å²) in [7, 11) is 1.42. The van der Waals surface area contributed by atoms with Gasteiger partial charge in [-0.05, 0) is 36.5 Å². The zero-order valence-corrected chi connectivity index (χ0v) is 18.8. The van der Waals surface area contributed by atoms with Crippen molar-refractivity contribution in [3.8, 4) is 11.5 Å². The summed E-state index contributed by atoms with van der Waals surface area (Å²) in [5.41, 5.74) is -0.531. The molecule has 4 heterocycles. The first-order chi connectivity index (χ1) is 16.6. The smallest absolute Gasteiger partial charge is 0.454 e. The minimum Gasteiger partial charge on any atom is -0.454 e. The predicted octanol–water partition coefficient (Wildman–Crippen LogP) is 4.37. The predicted molar refractivity (Wildman–Crippen MR) is 119 cm³/mol. The quantitative estimate of drug-likeness (QED) is 0.375. The van der Waals surface area contributed by atoms with E-state index < -0.39 is 29.1 Å². The fourth-order valence-corrected chi connectivity index (χ4v) is 3.75. The highest BCUT2D eigenvalue weighted by atomic mass is 35.5. The molecule has 1 aliphatic carbocycles. The van der Waals surface area contributed by atoms with Crippen LogP contribution in [0.1, 0.15) is 24.3 Å². The number of aromatic nitrogens is 5. The zero-order chi connectivity index (χ0) is 24.9. The third-order valence-electron chi connectivity index (χ3n) is 5.36. The largest absolute Gasteiger partial charge is 0.472 e. The lowest BCUT2D eigenvalue weighted by Gasteiger charge is -2.22. The molecule has 4 aromatic rings. The number of rotatable bonds is 5. The number of hydrogen-bond acceptors (Lipinski definition) is 6. The van der Waals surface area contributed by atoms with Gasteiger partial charge in [0, 0.05) is 25.5 Å². The van der Waals surface area contributed by atoms with E-state index in [1.165, 1.54) is 52.9 Å². The van der Waals surface area contributed by atoms with E-state index in [1.807, 2.05) is 0 Å². The van der Waals surface area contributed by atoms with Gasteiger partial charge in [-0.2, -0.15) is 18.2 Å². The lowest BCUT2D eigenvalue weighted by Crippen LogP contribution is -2.41. The van der Waals surface area contributed by atoms with E-state index in [0.717, 1.165) is 12.8 Å². The molecule has 0 bridgehead atoms. The van der Waals surface area contributed by atoms with Crippen molar-refractivity contribution in [3.05, 3.63) is 70.3 Å². The second-order valence-electron chi connectivity index (χ2n) is 8.00. The molecule has 180 valence electrons. The van der Waals surface area contributed by atoms with Crippen LogP contribution < -0.4 is 15.2 Å². The van der Waals surface area contributed by atoms with E-state index in [1.54, 1.807) is 12.3 Å². The minimum atomic E-state index is -5.25. The highest BCUT2D eigenvalue weighted by Crippen LogP contribution is 2.41. The zero-order valence-electron chi connectivity index (χ0n) is 18.0. The Labute approximate surface area is 200 Å². The molecule has 1 amide bonds. The third kappa shape index (κ3) is 4.56. The van der Waals surface area contributed by atoms with Gasteiger partial charge in [-0.25, -0.2) is 14.9 Å². The van der Waals surface area contributed by atoms with Crippen LogP contribution in [-0.2, 0) is 11.8 Å². The fraction of sp³-hybridized carbons (Fsp3) is 0.227. The van der Waals surface area contributed by atoms with Crippen LogP contribution in [0.5, 0.6) is 11.5 Å². The summed E-state index contributed by atoms with van der Waals surface area (Å²) in [4.78, 5) is 37.6. The maximum atomic E-state index is 13.6. The molecule has 35 heavy (non-hydrogen) atoms. The van der Waals surface area contributed by atoms with Gasteiger partial charge in [0.15, 0.2) is 11.6 Å². The average molecular weight is 505 g/mol. The van der Waals surface area contributed by atoms with Gasteiger partial charge in [0.25, 0.3) is 5.56 Å². The maximum absolute atomic E-state index is 13.6. The first kappa shape index (κ1) is 22.8. The normalized spacial score (nSPS) is 13.7. The third-order valence-corrected chi connectivity index (χ3v) is 5.56. The van der Waals surface area contributed by atoms with E-state index in [4.69, 9.17) is 16.3 Å². The van der Waals surface area contributed by atoms with Gasteiger partial charge in [0.05, 0.1) is 18.6 Å². The Hall–Kier alpha value is -3.93. The molecule has 13 heteroatoms. The highest BCUT2D eigenvalue weighted by Gasteiger charge is 2.45. The van der Waals surface area contributed by atoms with Crippen LogP contribution in [0, 0.1) is 0 Å². The summed E-state index contributed by atoms with van der Waals surface area (Å²) >= 11 is 5.85. The molecular weight excluding hydrogens is 489 g/mol. The van der Waals surface area contributed by atoms with Gasteiger partial charge in [-0.1, -0.05) is 11.6 Å². The van der Waals surface area contributed by atoms with E-state index >= 15 is 0 Å². The molecule has 1 aliphatic rings. The van der Waals surface area contributed by atoms with Crippen molar-refractivity contribution < 1.29 is 22.7 Å². The van der Waals surface area contributed by atoms with Crippen molar-refractivity contribution in [2.75, 3.05) is 4.90 Å². The standard InChI is InChI=1S/C22H16ClF3N6O3/c1-30-9-13(12-2-3-12)6-16(19(30)33)32(20(34)22(24,25)26)18-11-31-10-15(8-28-21(31)29-18)35-14-4-5-27-17(23)7-14/h4-12H,2-3H2,1H3. The molecular formula is C22H16ClF3N6O3. The number of halogens is 4. The summed E-state index contributed by atoms with van der Waals surface area (Å²) in [6, 6.07) is 4.35. The molecule has 0 atom stereocenters. The first-order valence-corrected chi connectivity index (χ1v) is 10.7.